The minimum atomic E-state index is -1.77. The van der Waals surface area contributed by atoms with E-state index in [1.807, 2.05) is 6.07 Å². The molecule has 3 heterocycles. The number of β-lactam (4-membered cyclic amide) rings is 1. The molecule has 0 spiro atoms. The third kappa shape index (κ3) is 5.67. The number of nitrogens with zero attached hydrogens (tertiary/aromatic N) is 4. The van der Waals surface area contributed by atoms with Gasteiger partial charge in [0, 0.05) is 11.1 Å². The summed E-state index contributed by atoms with van der Waals surface area (Å²) < 4.78 is 0. The fraction of sp³-hybridized carbons (Fsp3) is 0.240. The zero-order valence-corrected chi connectivity index (χ0v) is 22.7. The van der Waals surface area contributed by atoms with E-state index in [0.29, 0.717) is 11.1 Å². The van der Waals surface area contributed by atoms with E-state index in [-0.39, 0.29) is 22.3 Å². The smallest absolute Gasteiger partial charge is 0.352 e. The molecule has 2 aromatic rings. The summed E-state index contributed by atoms with van der Waals surface area (Å²) in [6.45, 7) is 2.48. The van der Waals surface area contributed by atoms with Gasteiger partial charge in [0.15, 0.2) is 10.8 Å². The van der Waals surface area contributed by atoms with E-state index >= 15 is 0 Å². The summed E-state index contributed by atoms with van der Waals surface area (Å²) in [6, 6.07) is 7.64. The Bertz CT molecular complexity index is 1520. The maximum Gasteiger partial charge on any atom is 0.352 e. The van der Waals surface area contributed by atoms with Crippen molar-refractivity contribution in [3.8, 4) is 6.07 Å². The van der Waals surface area contributed by atoms with Gasteiger partial charge >= 0.3 is 11.9 Å². The molecule has 15 heteroatoms. The van der Waals surface area contributed by atoms with Crippen molar-refractivity contribution in [1.82, 2.24) is 15.2 Å². The number of aromatic nitrogens is 1. The summed E-state index contributed by atoms with van der Waals surface area (Å²) in [5.74, 6) is -3.90. The Balaban J connectivity index is 1.54. The van der Waals surface area contributed by atoms with Gasteiger partial charge < -0.3 is 26.1 Å². The molecule has 2 amide bonds. The van der Waals surface area contributed by atoms with Gasteiger partial charge in [0.25, 0.3) is 11.8 Å². The molecule has 1 aromatic heterocycles. The number of carboxylic acid groups (broad SMARTS) is 2. The number of amides is 2. The molecular formula is C25H22N6O7S2. The number of nitrogens with one attached hydrogen (secondary N) is 1. The SMILES string of the molecule is CC(C)(O/N=C(\C(=O)NC1C(=O)N2C(C(=O)O)=C(/C=C\c3ccc(C#N)cc3)CSC12)c1csc(N)n1)C(=O)O. The van der Waals surface area contributed by atoms with E-state index in [1.165, 1.54) is 31.0 Å². The number of thioether (sulfide) groups is 1. The van der Waals surface area contributed by atoms with Crippen LogP contribution in [0.25, 0.3) is 6.08 Å². The number of allylic oxidation sites excluding steroid dienone is 1. The molecular weight excluding hydrogens is 560 g/mol. The van der Waals surface area contributed by atoms with E-state index in [9.17, 15) is 29.4 Å². The van der Waals surface area contributed by atoms with Crippen molar-refractivity contribution in [2.75, 3.05) is 11.5 Å². The van der Waals surface area contributed by atoms with Crippen LogP contribution in [0.5, 0.6) is 0 Å². The highest BCUT2D eigenvalue weighted by atomic mass is 32.2. The molecule has 0 saturated carbocycles. The summed E-state index contributed by atoms with van der Waals surface area (Å²) >= 11 is 2.28. The maximum atomic E-state index is 13.2. The number of thiazole rings is 1. The first-order chi connectivity index (χ1) is 18.9. The number of carbonyl (C=O) groups is 4. The molecule has 1 fully saturated rings. The third-order valence-corrected chi connectivity index (χ3v) is 7.84. The summed E-state index contributed by atoms with van der Waals surface area (Å²) in [5.41, 5.74) is 4.96. The molecule has 2 unspecified atom stereocenters. The monoisotopic (exact) mass is 582 g/mol. The number of carbonyl (C=O) groups excluding carboxylic acids is 2. The molecule has 13 nitrogen and oxygen atoms in total. The van der Waals surface area contributed by atoms with Crippen molar-refractivity contribution in [2.24, 2.45) is 5.16 Å². The van der Waals surface area contributed by atoms with Crippen molar-refractivity contribution >= 4 is 63.8 Å². The lowest BCUT2D eigenvalue weighted by atomic mass is 10.0. The van der Waals surface area contributed by atoms with Crippen molar-refractivity contribution in [1.29, 1.82) is 5.26 Å². The van der Waals surface area contributed by atoms with Gasteiger partial charge in [0.1, 0.15) is 22.8 Å². The fourth-order valence-corrected chi connectivity index (χ4v) is 5.51. The molecule has 2 aliphatic rings. The molecule has 4 rings (SSSR count). The molecule has 40 heavy (non-hydrogen) atoms. The van der Waals surface area contributed by atoms with E-state index in [2.05, 4.69) is 15.5 Å². The average Bonchev–Trinajstić information content (AvgIpc) is 3.35. The van der Waals surface area contributed by atoms with Crippen molar-refractivity contribution in [3.05, 3.63) is 63.8 Å². The number of carboxylic acids is 2. The number of nitriles is 1. The number of hydrogen-bond donors (Lipinski definition) is 4. The van der Waals surface area contributed by atoms with Crippen LogP contribution in [0.3, 0.4) is 0 Å². The van der Waals surface area contributed by atoms with Gasteiger partial charge in [-0.15, -0.1) is 23.1 Å². The Labute approximate surface area is 235 Å². The number of nitrogens with two attached hydrogens (primary N) is 1. The van der Waals surface area contributed by atoms with Gasteiger partial charge in [-0.2, -0.15) is 5.26 Å². The maximum absolute atomic E-state index is 13.2. The second kappa shape index (κ2) is 11.2. The summed E-state index contributed by atoms with van der Waals surface area (Å²) in [4.78, 5) is 60.0. The Morgan fingerprint density at radius 3 is 2.55 bits per heavy atom. The minimum absolute atomic E-state index is 0.0162. The average molecular weight is 583 g/mol. The Hall–Kier alpha value is -4.68. The van der Waals surface area contributed by atoms with Crippen molar-refractivity contribution in [2.45, 2.75) is 30.9 Å². The first-order valence-electron chi connectivity index (χ1n) is 11.5. The number of hydrogen-bond acceptors (Lipinski definition) is 11. The van der Waals surface area contributed by atoms with Gasteiger partial charge in [0.05, 0.1) is 11.6 Å². The van der Waals surface area contributed by atoms with Crippen molar-refractivity contribution in [3.63, 3.8) is 0 Å². The number of fused-ring (bicyclic) bond motifs is 1. The number of oxime groups is 1. The standard InChI is InChI=1S/C25H22N6O7S2/c1-25(2,23(36)37)38-30-16(15-11-40-24(27)28-15)19(32)29-17-20(33)31-18(22(34)35)14(10-39-21(17)31)8-7-12-3-5-13(9-26)6-4-12/h3-8,11,17,21H,10H2,1-2H3,(H2,27,28)(H,29,32)(H,34,35)(H,36,37)/b8-7-,30-16-. The molecule has 1 aromatic carbocycles. The first-order valence-corrected chi connectivity index (χ1v) is 13.5. The third-order valence-electron chi connectivity index (χ3n) is 5.86. The molecule has 5 N–H and O–H groups in total. The van der Waals surface area contributed by atoms with Crippen molar-refractivity contribution < 1.29 is 34.2 Å². The number of rotatable bonds is 9. The van der Waals surface area contributed by atoms with Gasteiger partial charge in [-0.05, 0) is 37.1 Å². The minimum Gasteiger partial charge on any atom is -0.478 e. The molecule has 2 atom stereocenters. The van der Waals surface area contributed by atoms with Gasteiger partial charge in [-0.3, -0.25) is 14.5 Å². The first kappa shape index (κ1) is 28.3. The number of aliphatic carboxylic acids is 2. The van der Waals surface area contributed by atoms with Crippen LogP contribution in [-0.4, -0.2) is 72.3 Å². The Kier molecular flexibility index (Phi) is 7.93. The highest BCUT2D eigenvalue weighted by Gasteiger charge is 2.54. The predicted molar refractivity (Wildman–Crippen MR) is 146 cm³/mol. The van der Waals surface area contributed by atoms with Crippen LogP contribution < -0.4 is 11.1 Å². The molecule has 206 valence electrons. The Morgan fingerprint density at radius 1 is 1.27 bits per heavy atom. The van der Waals surface area contributed by atoms with Crippen LogP contribution in [0.4, 0.5) is 5.13 Å². The van der Waals surface area contributed by atoms with Crippen LogP contribution in [0.2, 0.25) is 0 Å². The van der Waals surface area contributed by atoms with E-state index in [0.717, 1.165) is 21.8 Å². The van der Waals surface area contributed by atoms with Crippen LogP contribution in [0.15, 0.2) is 52.1 Å². The lowest BCUT2D eigenvalue weighted by Crippen LogP contribution is -2.71. The Morgan fingerprint density at radius 2 is 1.98 bits per heavy atom. The second-order valence-electron chi connectivity index (χ2n) is 9.02. The fourth-order valence-electron chi connectivity index (χ4n) is 3.65. The number of nitrogen functional groups attached to an aromatic ring is 1. The van der Waals surface area contributed by atoms with E-state index in [4.69, 9.17) is 15.8 Å². The van der Waals surface area contributed by atoms with Gasteiger partial charge in [0.2, 0.25) is 5.60 Å². The molecule has 0 radical (unpaired) electrons. The molecule has 0 aliphatic carbocycles. The van der Waals surface area contributed by atoms with Crippen LogP contribution in [-0.2, 0) is 24.0 Å². The highest BCUT2D eigenvalue weighted by Crippen LogP contribution is 2.41. The quantitative estimate of drug-likeness (QED) is 0.190. The highest BCUT2D eigenvalue weighted by molar-refractivity contribution is 8.00. The molecule has 1 saturated heterocycles. The summed E-state index contributed by atoms with van der Waals surface area (Å²) in [5, 5.41) is 35.2. The largest absolute Gasteiger partial charge is 0.478 e. The lowest BCUT2D eigenvalue weighted by Gasteiger charge is -2.49. The molecule has 2 aliphatic heterocycles. The predicted octanol–water partition coefficient (Wildman–Crippen LogP) is 1.63. The zero-order valence-electron chi connectivity index (χ0n) is 21.0. The topological polar surface area (TPSA) is 208 Å². The van der Waals surface area contributed by atoms with E-state index in [1.54, 1.807) is 36.4 Å². The zero-order chi connectivity index (χ0) is 29.2. The normalized spacial score (nSPS) is 19.1. The van der Waals surface area contributed by atoms with Gasteiger partial charge in [-0.25, -0.2) is 14.6 Å². The number of benzene rings is 1. The van der Waals surface area contributed by atoms with Crippen LogP contribution in [0, 0.1) is 11.3 Å². The molecule has 0 bridgehead atoms. The number of anilines is 1. The summed E-state index contributed by atoms with van der Waals surface area (Å²) in [7, 11) is 0. The van der Waals surface area contributed by atoms with Gasteiger partial charge in [-0.1, -0.05) is 29.4 Å². The van der Waals surface area contributed by atoms with E-state index < -0.39 is 46.5 Å². The van der Waals surface area contributed by atoms with Crippen LogP contribution >= 0.6 is 23.1 Å². The van der Waals surface area contributed by atoms with Crippen LogP contribution in [0.1, 0.15) is 30.7 Å². The lowest BCUT2D eigenvalue weighted by molar-refractivity contribution is -0.161. The summed E-state index contributed by atoms with van der Waals surface area (Å²) in [6.07, 6.45) is 3.29. The second-order valence-corrected chi connectivity index (χ2v) is 11.0.